The quantitative estimate of drug-likeness (QED) is 0.834. The smallest absolute Gasteiger partial charge is 0.185 e. The summed E-state index contributed by atoms with van der Waals surface area (Å²) in [6.45, 7) is 10.4. The predicted octanol–water partition coefficient (Wildman–Crippen LogP) is 2.41. The summed E-state index contributed by atoms with van der Waals surface area (Å²) in [6.07, 6.45) is 2.18. The van der Waals surface area contributed by atoms with Crippen LogP contribution in [-0.4, -0.2) is 40.3 Å². The molecule has 0 atom stereocenters. The Bertz CT molecular complexity index is 463. The number of hydrogen-bond donors (Lipinski definition) is 1. The largest absolute Gasteiger partial charge is 0.346 e. The topological polar surface area (TPSA) is 45.2 Å². The van der Waals surface area contributed by atoms with Crippen LogP contribution in [0.25, 0.3) is 0 Å². The van der Waals surface area contributed by atoms with E-state index in [9.17, 15) is 4.21 Å². The molecule has 0 unspecified atom stereocenters. The number of thiazole rings is 1. The minimum Gasteiger partial charge on any atom is -0.346 e. The highest BCUT2D eigenvalue weighted by Crippen LogP contribution is 2.28. The second-order valence-electron chi connectivity index (χ2n) is 5.98. The molecule has 1 aromatic rings. The van der Waals surface area contributed by atoms with E-state index in [4.69, 9.17) is 4.98 Å². The Labute approximate surface area is 134 Å². The minimum atomic E-state index is -0.624. The van der Waals surface area contributed by atoms with Gasteiger partial charge in [0.05, 0.1) is 5.69 Å². The monoisotopic (exact) mass is 329 g/mol. The molecular formula is C15H27N3OS2. The number of nitrogens with one attached hydrogen (secondary N) is 1. The molecule has 2 heterocycles. The Balaban J connectivity index is 2.03. The SMILES string of the molecule is CCCc1nc(N2CCS(=O)CC2)sc1CNCC(C)C. The molecule has 0 amide bonds. The van der Waals surface area contributed by atoms with Crippen LogP contribution < -0.4 is 10.2 Å². The van der Waals surface area contributed by atoms with Gasteiger partial charge in [-0.05, 0) is 18.9 Å². The number of anilines is 1. The maximum Gasteiger partial charge on any atom is 0.185 e. The number of rotatable bonds is 7. The number of aromatic nitrogens is 1. The third-order valence-electron chi connectivity index (χ3n) is 3.54. The molecule has 0 bridgehead atoms. The van der Waals surface area contributed by atoms with Gasteiger partial charge in [0.25, 0.3) is 0 Å². The van der Waals surface area contributed by atoms with Gasteiger partial charge in [-0.3, -0.25) is 4.21 Å². The van der Waals surface area contributed by atoms with Crippen LogP contribution in [0, 0.1) is 5.92 Å². The second-order valence-corrected chi connectivity index (χ2v) is 8.73. The fourth-order valence-corrected chi connectivity index (χ4v) is 4.56. The molecule has 21 heavy (non-hydrogen) atoms. The van der Waals surface area contributed by atoms with Crippen LogP contribution in [0.15, 0.2) is 0 Å². The van der Waals surface area contributed by atoms with Gasteiger partial charge < -0.3 is 10.2 Å². The molecule has 1 aliphatic rings. The van der Waals surface area contributed by atoms with Crippen molar-refractivity contribution in [2.24, 2.45) is 5.92 Å². The van der Waals surface area contributed by atoms with Crippen LogP contribution in [0.5, 0.6) is 0 Å². The number of hydrogen-bond acceptors (Lipinski definition) is 5. The second kappa shape index (κ2) is 8.25. The molecule has 1 saturated heterocycles. The maximum atomic E-state index is 11.5. The van der Waals surface area contributed by atoms with E-state index in [0.29, 0.717) is 5.92 Å². The van der Waals surface area contributed by atoms with Gasteiger partial charge in [-0.2, -0.15) is 0 Å². The zero-order chi connectivity index (χ0) is 15.2. The molecule has 0 aromatic carbocycles. The van der Waals surface area contributed by atoms with Crippen LogP contribution in [0.1, 0.15) is 37.8 Å². The van der Waals surface area contributed by atoms with Gasteiger partial charge in [0.2, 0.25) is 0 Å². The molecule has 0 radical (unpaired) electrons. The maximum absolute atomic E-state index is 11.5. The molecule has 1 aromatic heterocycles. The highest BCUT2D eigenvalue weighted by molar-refractivity contribution is 7.85. The zero-order valence-electron chi connectivity index (χ0n) is 13.4. The molecule has 0 spiro atoms. The summed E-state index contributed by atoms with van der Waals surface area (Å²) in [7, 11) is -0.624. The average Bonchev–Trinajstić information content (AvgIpc) is 2.83. The summed E-state index contributed by atoms with van der Waals surface area (Å²) in [5.41, 5.74) is 1.25. The molecule has 2 rings (SSSR count). The van der Waals surface area contributed by atoms with Crippen molar-refractivity contribution in [1.29, 1.82) is 0 Å². The highest BCUT2D eigenvalue weighted by Gasteiger charge is 2.20. The van der Waals surface area contributed by atoms with Crippen molar-refractivity contribution in [3.63, 3.8) is 0 Å². The molecule has 6 heteroatoms. The van der Waals surface area contributed by atoms with Gasteiger partial charge in [-0.15, -0.1) is 11.3 Å². The normalized spacial score (nSPS) is 16.9. The first-order valence-corrected chi connectivity index (χ1v) is 10.2. The zero-order valence-corrected chi connectivity index (χ0v) is 15.0. The van der Waals surface area contributed by atoms with E-state index in [1.54, 1.807) is 0 Å². The van der Waals surface area contributed by atoms with Crippen LogP contribution >= 0.6 is 11.3 Å². The molecule has 1 N–H and O–H groups in total. The van der Waals surface area contributed by atoms with E-state index in [1.807, 2.05) is 11.3 Å². The van der Waals surface area contributed by atoms with Crippen molar-refractivity contribution in [1.82, 2.24) is 10.3 Å². The molecule has 0 saturated carbocycles. The molecule has 4 nitrogen and oxygen atoms in total. The van der Waals surface area contributed by atoms with Crippen LogP contribution in [0.3, 0.4) is 0 Å². The van der Waals surface area contributed by atoms with E-state index in [2.05, 4.69) is 31.0 Å². The molecule has 120 valence electrons. The number of nitrogens with zero attached hydrogens (tertiary/aromatic N) is 2. The van der Waals surface area contributed by atoms with Crippen molar-refractivity contribution >= 4 is 27.3 Å². The Morgan fingerprint density at radius 2 is 2.10 bits per heavy atom. The molecule has 1 aliphatic heterocycles. The summed E-state index contributed by atoms with van der Waals surface area (Å²) >= 11 is 1.81. The van der Waals surface area contributed by atoms with Gasteiger partial charge in [0.15, 0.2) is 5.13 Å². The first-order valence-electron chi connectivity index (χ1n) is 7.89. The third kappa shape index (κ3) is 5.04. The van der Waals surface area contributed by atoms with Crippen molar-refractivity contribution in [3.05, 3.63) is 10.6 Å². The van der Waals surface area contributed by atoms with Crippen molar-refractivity contribution in [2.75, 3.05) is 36.0 Å². The lowest BCUT2D eigenvalue weighted by Gasteiger charge is -2.25. The Morgan fingerprint density at radius 1 is 1.38 bits per heavy atom. The predicted molar refractivity (Wildman–Crippen MR) is 92.7 cm³/mol. The van der Waals surface area contributed by atoms with Gasteiger partial charge in [0.1, 0.15) is 0 Å². The molecule has 1 fully saturated rings. The van der Waals surface area contributed by atoms with E-state index in [-0.39, 0.29) is 0 Å². The van der Waals surface area contributed by atoms with Crippen LogP contribution in [0.2, 0.25) is 0 Å². The van der Waals surface area contributed by atoms with Crippen molar-refractivity contribution in [2.45, 2.75) is 40.2 Å². The summed E-state index contributed by atoms with van der Waals surface area (Å²) < 4.78 is 11.5. The Hall–Kier alpha value is -0.460. The molecular weight excluding hydrogens is 302 g/mol. The van der Waals surface area contributed by atoms with E-state index in [0.717, 1.165) is 55.7 Å². The fourth-order valence-electron chi connectivity index (χ4n) is 2.38. The standard InChI is InChI=1S/C15H27N3OS2/c1-4-5-13-14(11-16-10-12(2)3)20-15(17-13)18-6-8-21(19)9-7-18/h12,16H,4-11H2,1-3H3. The first kappa shape index (κ1) is 16.9. The van der Waals surface area contributed by atoms with E-state index in [1.165, 1.54) is 10.6 Å². The third-order valence-corrected chi connectivity index (χ3v) is 5.97. The summed E-state index contributed by atoms with van der Waals surface area (Å²) in [5, 5.41) is 4.65. The summed E-state index contributed by atoms with van der Waals surface area (Å²) in [4.78, 5) is 8.53. The lowest BCUT2D eigenvalue weighted by atomic mass is 10.2. The van der Waals surface area contributed by atoms with E-state index < -0.39 is 10.8 Å². The van der Waals surface area contributed by atoms with Crippen LogP contribution in [0.4, 0.5) is 5.13 Å². The Morgan fingerprint density at radius 3 is 2.71 bits per heavy atom. The van der Waals surface area contributed by atoms with Gasteiger partial charge >= 0.3 is 0 Å². The van der Waals surface area contributed by atoms with Crippen molar-refractivity contribution < 1.29 is 4.21 Å². The van der Waals surface area contributed by atoms with Gasteiger partial charge in [-0.1, -0.05) is 27.2 Å². The first-order chi connectivity index (χ1) is 10.1. The number of aryl methyl sites for hydroxylation is 1. The summed E-state index contributed by atoms with van der Waals surface area (Å²) in [6, 6.07) is 0. The van der Waals surface area contributed by atoms with Crippen molar-refractivity contribution in [3.8, 4) is 0 Å². The molecule has 0 aliphatic carbocycles. The van der Waals surface area contributed by atoms with Gasteiger partial charge in [0, 0.05) is 46.8 Å². The lowest BCUT2D eigenvalue weighted by molar-refractivity contribution is 0.553. The minimum absolute atomic E-state index is 0.624. The highest BCUT2D eigenvalue weighted by atomic mass is 32.2. The Kier molecular flexibility index (Phi) is 6.64. The van der Waals surface area contributed by atoms with E-state index >= 15 is 0 Å². The van der Waals surface area contributed by atoms with Crippen LogP contribution in [-0.2, 0) is 23.8 Å². The average molecular weight is 330 g/mol. The summed E-state index contributed by atoms with van der Waals surface area (Å²) in [5.74, 6) is 2.23. The lowest BCUT2D eigenvalue weighted by Crippen LogP contribution is -2.37. The fraction of sp³-hybridized carbons (Fsp3) is 0.800. The van der Waals surface area contributed by atoms with Gasteiger partial charge in [-0.25, -0.2) is 4.98 Å².